The van der Waals surface area contributed by atoms with Crippen molar-refractivity contribution in [1.29, 1.82) is 0 Å². The first-order valence-electron chi connectivity index (χ1n) is 11.0. The third-order valence-corrected chi connectivity index (χ3v) is 5.23. The summed E-state index contributed by atoms with van der Waals surface area (Å²) >= 11 is 0. The van der Waals surface area contributed by atoms with Crippen LogP contribution in [0.5, 0.6) is 5.75 Å². The van der Waals surface area contributed by atoms with Gasteiger partial charge < -0.3 is 15.0 Å². The number of carbonyl (C=O) groups is 2. The van der Waals surface area contributed by atoms with E-state index in [1.807, 2.05) is 62.4 Å². The number of hydrogen-bond acceptors (Lipinski definition) is 3. The summed E-state index contributed by atoms with van der Waals surface area (Å²) in [5.41, 5.74) is 3.36. The number of nitrogens with zero attached hydrogens (tertiary/aromatic N) is 1. The molecule has 0 bridgehead atoms. The summed E-state index contributed by atoms with van der Waals surface area (Å²) in [6.07, 6.45) is 0.845. The quantitative estimate of drug-likeness (QED) is 0.639. The molecule has 0 saturated heterocycles. The maximum absolute atomic E-state index is 13.1. The van der Waals surface area contributed by atoms with Crippen LogP contribution in [0.15, 0.2) is 48.5 Å². The molecule has 2 rings (SSSR count). The van der Waals surface area contributed by atoms with Gasteiger partial charge in [-0.3, -0.25) is 9.59 Å². The molecule has 1 atom stereocenters. The minimum atomic E-state index is -0.591. The summed E-state index contributed by atoms with van der Waals surface area (Å²) in [6.45, 7) is 13.1. The van der Waals surface area contributed by atoms with Crippen LogP contribution in [0.25, 0.3) is 0 Å². The zero-order valence-electron chi connectivity index (χ0n) is 19.7. The second kappa shape index (κ2) is 11.0. The molecule has 0 spiro atoms. The fourth-order valence-electron chi connectivity index (χ4n) is 3.26. The van der Waals surface area contributed by atoms with Crippen LogP contribution in [-0.4, -0.2) is 35.9 Å². The third-order valence-electron chi connectivity index (χ3n) is 5.23. The maximum atomic E-state index is 13.1. The molecule has 5 nitrogen and oxygen atoms in total. The number of rotatable bonds is 9. The lowest BCUT2D eigenvalue weighted by atomic mass is 9.87. The molecule has 2 amide bonds. The molecule has 31 heavy (non-hydrogen) atoms. The lowest BCUT2D eigenvalue weighted by molar-refractivity contribution is -0.142. The van der Waals surface area contributed by atoms with Crippen LogP contribution in [-0.2, 0) is 21.5 Å². The van der Waals surface area contributed by atoms with Crippen molar-refractivity contribution in [2.75, 3.05) is 13.2 Å². The molecule has 0 aliphatic heterocycles. The number of carbonyl (C=O) groups excluding carboxylic acids is 2. The van der Waals surface area contributed by atoms with Crippen LogP contribution in [0.2, 0.25) is 0 Å². The minimum absolute atomic E-state index is 0.0558. The second-order valence-electron chi connectivity index (χ2n) is 9.04. The maximum Gasteiger partial charge on any atom is 0.261 e. The van der Waals surface area contributed by atoms with Crippen LogP contribution in [0, 0.1) is 6.92 Å². The lowest BCUT2D eigenvalue weighted by Gasteiger charge is -2.29. The average Bonchev–Trinajstić information content (AvgIpc) is 2.73. The van der Waals surface area contributed by atoms with Crippen molar-refractivity contribution in [1.82, 2.24) is 10.2 Å². The Bertz CT molecular complexity index is 869. The van der Waals surface area contributed by atoms with Crippen LogP contribution in [0.4, 0.5) is 0 Å². The number of ether oxygens (including phenoxy) is 1. The highest BCUT2D eigenvalue weighted by molar-refractivity contribution is 5.87. The number of hydrogen-bond donors (Lipinski definition) is 1. The Kier molecular flexibility index (Phi) is 8.66. The van der Waals surface area contributed by atoms with Gasteiger partial charge >= 0.3 is 0 Å². The van der Waals surface area contributed by atoms with Gasteiger partial charge in [0.1, 0.15) is 11.8 Å². The SMILES string of the molecule is CCCNC(=O)C(C)N(Cc1cccc(C)c1)C(=O)COc1ccc(C(C)(C)C)cc1. The zero-order chi connectivity index (χ0) is 23.0. The van der Waals surface area contributed by atoms with E-state index in [1.54, 1.807) is 11.8 Å². The Labute approximate surface area is 186 Å². The Morgan fingerprint density at radius 3 is 2.35 bits per heavy atom. The van der Waals surface area contributed by atoms with Crippen molar-refractivity contribution in [3.8, 4) is 5.75 Å². The Hall–Kier alpha value is -2.82. The third kappa shape index (κ3) is 7.42. The molecule has 0 radical (unpaired) electrons. The fourth-order valence-corrected chi connectivity index (χ4v) is 3.26. The molecule has 2 aromatic rings. The van der Waals surface area contributed by atoms with Gasteiger partial charge in [-0.15, -0.1) is 0 Å². The van der Waals surface area contributed by atoms with Crippen molar-refractivity contribution in [3.63, 3.8) is 0 Å². The lowest BCUT2D eigenvalue weighted by Crippen LogP contribution is -2.49. The molecule has 0 fully saturated rings. The van der Waals surface area contributed by atoms with E-state index in [9.17, 15) is 9.59 Å². The van der Waals surface area contributed by atoms with Gasteiger partial charge in [0.25, 0.3) is 5.91 Å². The van der Waals surface area contributed by atoms with E-state index in [2.05, 4.69) is 26.1 Å². The number of amides is 2. The molecule has 0 saturated carbocycles. The monoisotopic (exact) mass is 424 g/mol. The van der Waals surface area contributed by atoms with Crippen LogP contribution in [0.1, 0.15) is 57.7 Å². The van der Waals surface area contributed by atoms with Gasteiger partial charge in [-0.25, -0.2) is 0 Å². The van der Waals surface area contributed by atoms with Crippen LogP contribution < -0.4 is 10.1 Å². The van der Waals surface area contributed by atoms with Gasteiger partial charge in [-0.05, 0) is 48.9 Å². The van der Waals surface area contributed by atoms with Crippen LogP contribution >= 0.6 is 0 Å². The standard InChI is InChI=1S/C26H36N2O3/c1-7-15-27-25(30)20(3)28(17-21-10-8-9-19(2)16-21)24(29)18-31-23-13-11-22(12-14-23)26(4,5)6/h8-14,16,20H,7,15,17-18H2,1-6H3,(H,27,30). The first-order valence-corrected chi connectivity index (χ1v) is 11.0. The molecule has 1 unspecified atom stereocenters. The Morgan fingerprint density at radius 1 is 1.10 bits per heavy atom. The number of aryl methyl sites for hydroxylation is 1. The van der Waals surface area contributed by atoms with Gasteiger partial charge in [0.2, 0.25) is 5.91 Å². The van der Waals surface area contributed by atoms with Gasteiger partial charge in [-0.2, -0.15) is 0 Å². The predicted octanol–water partition coefficient (Wildman–Crippen LogP) is 4.61. The molecular formula is C26H36N2O3. The zero-order valence-corrected chi connectivity index (χ0v) is 19.7. The van der Waals surface area contributed by atoms with E-state index >= 15 is 0 Å². The molecule has 0 aliphatic carbocycles. The van der Waals surface area contributed by atoms with Gasteiger partial charge in [0, 0.05) is 13.1 Å². The van der Waals surface area contributed by atoms with Crippen molar-refractivity contribution < 1.29 is 14.3 Å². The summed E-state index contributed by atoms with van der Waals surface area (Å²) in [4.78, 5) is 27.2. The van der Waals surface area contributed by atoms with Gasteiger partial charge in [0.05, 0.1) is 0 Å². The number of benzene rings is 2. The molecule has 5 heteroatoms. The summed E-state index contributed by atoms with van der Waals surface area (Å²) in [5.74, 6) is 0.262. The highest BCUT2D eigenvalue weighted by Crippen LogP contribution is 2.24. The van der Waals surface area contributed by atoms with Gasteiger partial charge in [-0.1, -0.05) is 69.7 Å². The number of nitrogens with one attached hydrogen (secondary N) is 1. The molecule has 168 valence electrons. The van der Waals surface area contributed by atoms with Crippen molar-refractivity contribution >= 4 is 11.8 Å². The highest BCUT2D eigenvalue weighted by Gasteiger charge is 2.26. The smallest absolute Gasteiger partial charge is 0.261 e. The van der Waals surface area contributed by atoms with Crippen molar-refractivity contribution in [2.45, 2.75) is 66.0 Å². The average molecular weight is 425 g/mol. The van der Waals surface area contributed by atoms with E-state index < -0.39 is 6.04 Å². The predicted molar refractivity (Wildman–Crippen MR) is 125 cm³/mol. The minimum Gasteiger partial charge on any atom is -0.484 e. The summed E-state index contributed by atoms with van der Waals surface area (Å²) < 4.78 is 5.77. The second-order valence-corrected chi connectivity index (χ2v) is 9.04. The largest absolute Gasteiger partial charge is 0.484 e. The molecular weight excluding hydrogens is 388 g/mol. The Morgan fingerprint density at radius 2 is 1.77 bits per heavy atom. The molecule has 0 aliphatic rings. The fraction of sp³-hybridized carbons (Fsp3) is 0.462. The summed E-state index contributed by atoms with van der Waals surface area (Å²) in [5, 5.41) is 2.89. The summed E-state index contributed by atoms with van der Waals surface area (Å²) in [6, 6.07) is 15.2. The highest BCUT2D eigenvalue weighted by atomic mass is 16.5. The van der Waals surface area contributed by atoms with Crippen LogP contribution in [0.3, 0.4) is 0 Å². The molecule has 1 N–H and O–H groups in total. The molecule has 0 heterocycles. The van der Waals surface area contributed by atoms with E-state index in [-0.39, 0.29) is 23.8 Å². The Balaban J connectivity index is 2.12. The van der Waals surface area contributed by atoms with Gasteiger partial charge in [0.15, 0.2) is 6.61 Å². The van der Waals surface area contributed by atoms with Crippen molar-refractivity contribution in [2.24, 2.45) is 0 Å². The molecule has 0 aromatic heterocycles. The van der Waals surface area contributed by atoms with Crippen molar-refractivity contribution in [3.05, 3.63) is 65.2 Å². The normalized spacial score (nSPS) is 12.2. The summed E-state index contributed by atoms with van der Waals surface area (Å²) in [7, 11) is 0. The van der Waals surface area contributed by atoms with E-state index in [1.165, 1.54) is 5.56 Å². The topological polar surface area (TPSA) is 58.6 Å². The first kappa shape index (κ1) is 24.4. The first-order chi connectivity index (χ1) is 14.6. The van der Waals surface area contributed by atoms with E-state index in [4.69, 9.17) is 4.74 Å². The van der Waals surface area contributed by atoms with E-state index in [0.29, 0.717) is 18.8 Å². The molecule has 2 aromatic carbocycles. The van der Waals surface area contributed by atoms with E-state index in [0.717, 1.165) is 17.5 Å².